The SMILES string of the molecule is CCCCCCC=CCCCCCCCCC[NH]. The number of rotatable bonds is 14. The first-order valence-electron chi connectivity index (χ1n) is 8.21. The number of unbranched alkanes of at least 4 members (excludes halogenated alkanes) is 11. The van der Waals surface area contributed by atoms with E-state index in [-0.39, 0.29) is 0 Å². The third-order valence-electron chi connectivity index (χ3n) is 3.44. The maximum absolute atomic E-state index is 7.06. The molecule has 0 fully saturated rings. The molecular formula is C17H34N. The summed E-state index contributed by atoms with van der Waals surface area (Å²) in [5, 5.41) is 0. The van der Waals surface area contributed by atoms with Crippen LogP contribution < -0.4 is 5.73 Å². The molecule has 0 aliphatic rings. The van der Waals surface area contributed by atoms with Crippen molar-refractivity contribution in [3.8, 4) is 0 Å². The van der Waals surface area contributed by atoms with Crippen molar-refractivity contribution in [1.82, 2.24) is 5.73 Å². The molecule has 0 unspecified atom stereocenters. The van der Waals surface area contributed by atoms with Gasteiger partial charge >= 0.3 is 0 Å². The van der Waals surface area contributed by atoms with Gasteiger partial charge in [0, 0.05) is 6.54 Å². The Kier molecular flexibility index (Phi) is 16.4. The zero-order chi connectivity index (χ0) is 13.3. The van der Waals surface area contributed by atoms with Crippen LogP contribution in [0.4, 0.5) is 0 Å². The summed E-state index contributed by atoms with van der Waals surface area (Å²) in [4.78, 5) is 0. The van der Waals surface area contributed by atoms with E-state index in [0.717, 1.165) is 6.42 Å². The molecule has 0 spiro atoms. The highest BCUT2D eigenvalue weighted by Crippen LogP contribution is 2.09. The quantitative estimate of drug-likeness (QED) is 0.271. The lowest BCUT2D eigenvalue weighted by molar-refractivity contribution is 0.582. The molecule has 0 amide bonds. The van der Waals surface area contributed by atoms with E-state index in [1.54, 1.807) is 0 Å². The van der Waals surface area contributed by atoms with Crippen molar-refractivity contribution in [3.63, 3.8) is 0 Å². The average molecular weight is 252 g/mol. The monoisotopic (exact) mass is 252 g/mol. The van der Waals surface area contributed by atoms with Crippen molar-refractivity contribution in [2.45, 2.75) is 90.4 Å². The van der Waals surface area contributed by atoms with Crippen molar-refractivity contribution in [2.24, 2.45) is 0 Å². The van der Waals surface area contributed by atoms with Gasteiger partial charge in [-0.3, -0.25) is 5.73 Å². The molecule has 0 saturated heterocycles. The van der Waals surface area contributed by atoms with Gasteiger partial charge in [-0.25, -0.2) is 0 Å². The molecule has 0 aliphatic heterocycles. The van der Waals surface area contributed by atoms with Crippen LogP contribution in [0.25, 0.3) is 0 Å². The van der Waals surface area contributed by atoms with Crippen molar-refractivity contribution >= 4 is 0 Å². The summed E-state index contributed by atoms with van der Waals surface area (Å²) in [5.41, 5.74) is 7.06. The summed E-state index contributed by atoms with van der Waals surface area (Å²) in [5.74, 6) is 0. The Hall–Kier alpha value is -0.300. The number of allylic oxidation sites excluding steroid dienone is 2. The van der Waals surface area contributed by atoms with E-state index in [4.69, 9.17) is 5.73 Å². The van der Waals surface area contributed by atoms with Gasteiger partial charge in [-0.2, -0.15) is 0 Å². The predicted octanol–water partition coefficient (Wildman–Crippen LogP) is 5.92. The van der Waals surface area contributed by atoms with Crippen LogP contribution in [0.1, 0.15) is 90.4 Å². The highest BCUT2D eigenvalue weighted by Gasteiger charge is 1.90. The second kappa shape index (κ2) is 16.7. The summed E-state index contributed by atoms with van der Waals surface area (Å²) < 4.78 is 0. The van der Waals surface area contributed by atoms with E-state index in [2.05, 4.69) is 19.1 Å². The van der Waals surface area contributed by atoms with E-state index in [9.17, 15) is 0 Å². The fourth-order valence-electron chi connectivity index (χ4n) is 2.20. The lowest BCUT2D eigenvalue weighted by Gasteiger charge is -1.99. The van der Waals surface area contributed by atoms with Gasteiger partial charge in [-0.05, 0) is 32.1 Å². The van der Waals surface area contributed by atoms with Crippen LogP contribution in [-0.2, 0) is 0 Å². The van der Waals surface area contributed by atoms with Crippen molar-refractivity contribution in [1.29, 1.82) is 0 Å². The van der Waals surface area contributed by atoms with Gasteiger partial charge in [0.2, 0.25) is 0 Å². The number of nitrogens with one attached hydrogen (secondary N) is 1. The molecule has 1 N–H and O–H groups in total. The van der Waals surface area contributed by atoms with Crippen LogP contribution in [-0.4, -0.2) is 6.54 Å². The maximum atomic E-state index is 7.06. The molecule has 107 valence electrons. The Balaban J connectivity index is 2.99. The molecule has 0 aromatic rings. The molecule has 1 heteroatoms. The fraction of sp³-hybridized carbons (Fsp3) is 0.882. The molecule has 0 aromatic heterocycles. The molecule has 0 rings (SSSR count). The van der Waals surface area contributed by atoms with Crippen LogP contribution in [0.2, 0.25) is 0 Å². The molecule has 0 saturated carbocycles. The largest absolute Gasteiger partial charge is 0.258 e. The minimum Gasteiger partial charge on any atom is -0.258 e. The predicted molar refractivity (Wildman–Crippen MR) is 82.8 cm³/mol. The van der Waals surface area contributed by atoms with E-state index in [1.807, 2.05) is 0 Å². The van der Waals surface area contributed by atoms with Crippen LogP contribution in [0.5, 0.6) is 0 Å². The third-order valence-corrected chi connectivity index (χ3v) is 3.44. The highest BCUT2D eigenvalue weighted by atomic mass is 14.5. The topological polar surface area (TPSA) is 23.8 Å². The van der Waals surface area contributed by atoms with E-state index in [0.29, 0.717) is 6.54 Å². The fourth-order valence-corrected chi connectivity index (χ4v) is 2.20. The normalized spacial score (nSPS) is 11.4. The Bertz CT molecular complexity index is 163. The smallest absolute Gasteiger partial charge is 0.00997 e. The molecule has 1 nitrogen and oxygen atoms in total. The Morgan fingerprint density at radius 2 is 1.06 bits per heavy atom. The molecule has 0 bridgehead atoms. The second-order valence-electron chi connectivity index (χ2n) is 5.33. The summed E-state index contributed by atoms with van der Waals surface area (Å²) >= 11 is 0. The van der Waals surface area contributed by atoms with Crippen molar-refractivity contribution < 1.29 is 0 Å². The van der Waals surface area contributed by atoms with Crippen LogP contribution in [0.15, 0.2) is 12.2 Å². The van der Waals surface area contributed by atoms with Gasteiger partial charge in [-0.15, -0.1) is 0 Å². The zero-order valence-electron chi connectivity index (χ0n) is 12.6. The minimum atomic E-state index is 0.614. The van der Waals surface area contributed by atoms with Gasteiger partial charge < -0.3 is 0 Å². The first-order chi connectivity index (χ1) is 8.91. The van der Waals surface area contributed by atoms with Crippen molar-refractivity contribution in [3.05, 3.63) is 12.2 Å². The van der Waals surface area contributed by atoms with Crippen LogP contribution in [0.3, 0.4) is 0 Å². The Morgan fingerprint density at radius 3 is 1.56 bits per heavy atom. The highest BCUT2D eigenvalue weighted by molar-refractivity contribution is 4.81. The molecule has 0 heterocycles. The number of hydrogen-bond acceptors (Lipinski definition) is 0. The average Bonchev–Trinajstić information content (AvgIpc) is 2.39. The third kappa shape index (κ3) is 15.7. The first kappa shape index (κ1) is 17.7. The van der Waals surface area contributed by atoms with Gasteiger partial charge in [0.25, 0.3) is 0 Å². The summed E-state index contributed by atoms with van der Waals surface area (Å²) in [6.07, 6.45) is 22.1. The zero-order valence-corrected chi connectivity index (χ0v) is 12.6. The summed E-state index contributed by atoms with van der Waals surface area (Å²) in [6, 6.07) is 0. The van der Waals surface area contributed by atoms with Gasteiger partial charge in [0.05, 0.1) is 0 Å². The molecule has 18 heavy (non-hydrogen) atoms. The van der Waals surface area contributed by atoms with E-state index < -0.39 is 0 Å². The molecule has 0 atom stereocenters. The molecule has 0 aromatic carbocycles. The lowest BCUT2D eigenvalue weighted by atomic mass is 10.1. The molecule has 1 radical (unpaired) electrons. The number of hydrogen-bond donors (Lipinski definition) is 0. The maximum Gasteiger partial charge on any atom is 0.00997 e. The van der Waals surface area contributed by atoms with Crippen LogP contribution in [0, 0.1) is 0 Å². The molecule has 0 aliphatic carbocycles. The van der Waals surface area contributed by atoms with Gasteiger partial charge in [-0.1, -0.05) is 70.4 Å². The van der Waals surface area contributed by atoms with E-state index >= 15 is 0 Å². The van der Waals surface area contributed by atoms with Gasteiger partial charge in [0.1, 0.15) is 0 Å². The van der Waals surface area contributed by atoms with E-state index in [1.165, 1.54) is 77.0 Å². The van der Waals surface area contributed by atoms with Crippen molar-refractivity contribution in [2.75, 3.05) is 6.54 Å². The summed E-state index contributed by atoms with van der Waals surface area (Å²) in [7, 11) is 0. The standard InChI is InChI=1S/C17H34N/c1-2-3-4-5-6-7-8-9-10-11-12-13-14-15-16-17-18/h7-8,18H,2-6,9-17H2,1H3. The lowest BCUT2D eigenvalue weighted by Crippen LogP contribution is -1.85. The Labute approximate surface area is 115 Å². The van der Waals surface area contributed by atoms with Gasteiger partial charge in [0.15, 0.2) is 0 Å². The summed E-state index contributed by atoms with van der Waals surface area (Å²) in [6.45, 7) is 2.88. The molecular weight excluding hydrogens is 218 g/mol. The minimum absolute atomic E-state index is 0.614. The first-order valence-corrected chi connectivity index (χ1v) is 8.21. The second-order valence-corrected chi connectivity index (χ2v) is 5.33. The Morgan fingerprint density at radius 1 is 0.611 bits per heavy atom. The van der Waals surface area contributed by atoms with Crippen LogP contribution >= 0.6 is 0 Å².